The van der Waals surface area contributed by atoms with Crippen molar-refractivity contribution in [1.82, 2.24) is 14.8 Å². The Morgan fingerprint density at radius 3 is 2.63 bits per heavy atom. The van der Waals surface area contributed by atoms with Crippen LogP contribution in [0.2, 0.25) is 10.0 Å². The summed E-state index contributed by atoms with van der Waals surface area (Å²) in [4.78, 5) is 4.01. The molecule has 144 valence electrons. The molecule has 0 N–H and O–H groups in total. The second-order valence-corrected chi connectivity index (χ2v) is 8.24. The Morgan fingerprint density at radius 1 is 1.19 bits per heavy atom. The monoisotopic (exact) mass is 409 g/mol. The average molecular weight is 410 g/mol. The van der Waals surface area contributed by atoms with E-state index in [9.17, 15) is 0 Å². The van der Waals surface area contributed by atoms with E-state index in [4.69, 9.17) is 37.1 Å². The van der Waals surface area contributed by atoms with Gasteiger partial charge in [-0.3, -0.25) is 0 Å². The maximum atomic E-state index is 6.31. The molecule has 0 radical (unpaired) electrons. The Morgan fingerprint density at radius 2 is 1.96 bits per heavy atom. The molecule has 27 heavy (non-hydrogen) atoms. The highest BCUT2D eigenvalue weighted by Gasteiger charge is 2.46. The van der Waals surface area contributed by atoms with Crippen LogP contribution in [-0.4, -0.2) is 28.0 Å². The molecule has 0 spiro atoms. The molecule has 1 aromatic carbocycles. The summed E-state index contributed by atoms with van der Waals surface area (Å²) < 4.78 is 20.4. The fourth-order valence-electron chi connectivity index (χ4n) is 3.52. The average Bonchev–Trinajstić information content (AvgIpc) is 3.27. The number of hydrogen-bond acceptors (Lipinski definition) is 5. The van der Waals surface area contributed by atoms with Crippen molar-refractivity contribution in [3.8, 4) is 0 Å². The number of halogens is 2. The van der Waals surface area contributed by atoms with E-state index in [1.807, 2.05) is 12.1 Å². The number of benzene rings is 1. The minimum Gasteiger partial charge on any atom is -0.454 e. The summed E-state index contributed by atoms with van der Waals surface area (Å²) in [5.74, 6) is -0.564. The standard InChI is InChI=1S/C19H21Cl2N3O3/c1-3-4-18(2)9-25-19(26-10-18,8-24-12-22-11-23-24)16-6-13-5-14(20)7-15(21)17(13)27-16/h5-7,11-12H,3-4,8-10H2,1-2H3. The SMILES string of the molecule is CCCC1(C)COC(Cn2cncn2)(c2cc3cc(Cl)cc(Cl)c3o2)OC1. The van der Waals surface area contributed by atoms with Gasteiger partial charge in [0, 0.05) is 15.8 Å². The lowest BCUT2D eigenvalue weighted by Gasteiger charge is -2.43. The summed E-state index contributed by atoms with van der Waals surface area (Å²) in [7, 11) is 0. The molecule has 0 unspecified atom stereocenters. The van der Waals surface area contributed by atoms with E-state index in [1.165, 1.54) is 6.33 Å². The smallest absolute Gasteiger partial charge is 0.248 e. The van der Waals surface area contributed by atoms with E-state index in [1.54, 1.807) is 17.1 Å². The fraction of sp³-hybridized carbons (Fsp3) is 0.474. The maximum absolute atomic E-state index is 6.31. The molecule has 0 amide bonds. The van der Waals surface area contributed by atoms with E-state index in [0.717, 1.165) is 18.2 Å². The van der Waals surface area contributed by atoms with Gasteiger partial charge >= 0.3 is 0 Å². The first-order valence-electron chi connectivity index (χ1n) is 8.92. The van der Waals surface area contributed by atoms with Crippen LogP contribution in [0.25, 0.3) is 11.0 Å². The third-order valence-corrected chi connectivity index (χ3v) is 5.41. The van der Waals surface area contributed by atoms with Gasteiger partial charge in [0.15, 0.2) is 11.3 Å². The van der Waals surface area contributed by atoms with Crippen LogP contribution >= 0.6 is 23.2 Å². The number of rotatable bonds is 5. The predicted octanol–water partition coefficient (Wildman–Crippen LogP) is 5.04. The first-order valence-corrected chi connectivity index (χ1v) is 9.68. The third kappa shape index (κ3) is 3.59. The third-order valence-electron chi connectivity index (χ3n) is 4.91. The minimum absolute atomic E-state index is 0.0341. The number of nitrogens with zero attached hydrogens (tertiary/aromatic N) is 3. The zero-order valence-electron chi connectivity index (χ0n) is 15.2. The zero-order valence-corrected chi connectivity index (χ0v) is 16.8. The molecule has 3 heterocycles. The number of hydrogen-bond donors (Lipinski definition) is 0. The summed E-state index contributed by atoms with van der Waals surface area (Å²) >= 11 is 12.4. The van der Waals surface area contributed by atoms with Gasteiger partial charge in [0.05, 0.1) is 18.2 Å². The molecule has 0 saturated carbocycles. The van der Waals surface area contributed by atoms with Crippen molar-refractivity contribution in [2.45, 2.75) is 39.0 Å². The largest absolute Gasteiger partial charge is 0.454 e. The summed E-state index contributed by atoms with van der Waals surface area (Å²) in [6, 6.07) is 5.33. The van der Waals surface area contributed by atoms with E-state index >= 15 is 0 Å². The molecule has 1 saturated heterocycles. The van der Waals surface area contributed by atoms with Crippen LogP contribution in [0.3, 0.4) is 0 Å². The molecule has 2 aromatic heterocycles. The second-order valence-electron chi connectivity index (χ2n) is 7.40. The van der Waals surface area contributed by atoms with Crippen LogP contribution < -0.4 is 0 Å². The van der Waals surface area contributed by atoms with Gasteiger partial charge in [0.25, 0.3) is 0 Å². The molecule has 4 rings (SSSR count). The van der Waals surface area contributed by atoms with E-state index in [0.29, 0.717) is 41.1 Å². The Bertz CT molecular complexity index is 931. The van der Waals surface area contributed by atoms with Crippen molar-refractivity contribution in [2.24, 2.45) is 5.41 Å². The van der Waals surface area contributed by atoms with Gasteiger partial charge in [-0.25, -0.2) is 9.67 Å². The van der Waals surface area contributed by atoms with Crippen molar-refractivity contribution >= 4 is 34.2 Å². The number of furan rings is 1. The molecular weight excluding hydrogens is 389 g/mol. The highest BCUT2D eigenvalue weighted by atomic mass is 35.5. The first-order chi connectivity index (χ1) is 12.9. The number of fused-ring (bicyclic) bond motifs is 1. The van der Waals surface area contributed by atoms with Gasteiger partial charge in [-0.15, -0.1) is 0 Å². The molecule has 6 nitrogen and oxygen atoms in total. The molecular formula is C19H21Cl2N3O3. The van der Waals surface area contributed by atoms with Gasteiger partial charge in [0.2, 0.25) is 5.79 Å². The first kappa shape index (κ1) is 18.7. The maximum Gasteiger partial charge on any atom is 0.248 e. The van der Waals surface area contributed by atoms with Gasteiger partial charge in [0.1, 0.15) is 19.2 Å². The van der Waals surface area contributed by atoms with Crippen LogP contribution in [-0.2, 0) is 21.8 Å². The van der Waals surface area contributed by atoms with Crippen molar-refractivity contribution in [3.05, 3.63) is 46.7 Å². The summed E-state index contributed by atoms with van der Waals surface area (Å²) in [5, 5.41) is 5.99. The predicted molar refractivity (Wildman–Crippen MR) is 103 cm³/mol. The molecule has 0 bridgehead atoms. The Balaban J connectivity index is 1.74. The van der Waals surface area contributed by atoms with Crippen LogP contribution in [0.15, 0.2) is 35.3 Å². The molecule has 1 aliphatic heterocycles. The lowest BCUT2D eigenvalue weighted by molar-refractivity contribution is -0.325. The lowest BCUT2D eigenvalue weighted by Crippen LogP contribution is -2.48. The zero-order chi connectivity index (χ0) is 19.1. The molecule has 0 atom stereocenters. The molecule has 0 aliphatic carbocycles. The summed E-state index contributed by atoms with van der Waals surface area (Å²) in [5.41, 5.74) is 0.524. The summed E-state index contributed by atoms with van der Waals surface area (Å²) in [6.45, 7) is 5.77. The Kier molecular flexibility index (Phi) is 4.93. The molecule has 1 fully saturated rings. The molecule has 1 aliphatic rings. The van der Waals surface area contributed by atoms with E-state index in [-0.39, 0.29) is 5.41 Å². The normalized spacial score (nSPS) is 25.9. The lowest BCUT2D eigenvalue weighted by atomic mass is 9.86. The van der Waals surface area contributed by atoms with E-state index < -0.39 is 5.79 Å². The van der Waals surface area contributed by atoms with Gasteiger partial charge < -0.3 is 13.9 Å². The van der Waals surface area contributed by atoms with Gasteiger partial charge in [-0.2, -0.15) is 5.10 Å². The van der Waals surface area contributed by atoms with Crippen LogP contribution in [0, 0.1) is 5.41 Å². The number of ether oxygens (including phenoxy) is 2. The van der Waals surface area contributed by atoms with Crippen molar-refractivity contribution in [3.63, 3.8) is 0 Å². The topological polar surface area (TPSA) is 62.3 Å². The van der Waals surface area contributed by atoms with Crippen LogP contribution in [0.4, 0.5) is 0 Å². The number of aromatic nitrogens is 3. The van der Waals surface area contributed by atoms with Crippen molar-refractivity contribution in [1.29, 1.82) is 0 Å². The van der Waals surface area contributed by atoms with Crippen LogP contribution in [0.1, 0.15) is 32.4 Å². The second kappa shape index (κ2) is 7.09. The Hall–Kier alpha value is -1.60. The fourth-order valence-corrected chi connectivity index (χ4v) is 4.06. The summed E-state index contributed by atoms with van der Waals surface area (Å²) in [6.07, 6.45) is 5.19. The van der Waals surface area contributed by atoms with Gasteiger partial charge in [-0.1, -0.05) is 43.5 Å². The quantitative estimate of drug-likeness (QED) is 0.590. The van der Waals surface area contributed by atoms with Gasteiger partial charge in [-0.05, 0) is 24.6 Å². The van der Waals surface area contributed by atoms with Crippen molar-refractivity contribution in [2.75, 3.05) is 13.2 Å². The van der Waals surface area contributed by atoms with E-state index in [2.05, 4.69) is 23.9 Å². The van der Waals surface area contributed by atoms with Crippen molar-refractivity contribution < 1.29 is 13.9 Å². The van der Waals surface area contributed by atoms with Crippen LogP contribution in [0.5, 0.6) is 0 Å². The Labute approximate surface area is 167 Å². The highest BCUT2D eigenvalue weighted by molar-refractivity contribution is 6.38. The minimum atomic E-state index is -1.10. The highest BCUT2D eigenvalue weighted by Crippen LogP contribution is 2.43. The molecule has 8 heteroatoms. The molecule has 3 aromatic rings.